The molecule has 31 heavy (non-hydrogen) atoms. The SMILES string of the molecule is COC(=O)[C@H](CC(C)C)NC(=O)c1ccc(NC(=O)CCCCCCC(=O)NO)cc1. The van der Waals surface area contributed by atoms with Crippen LogP contribution in [0.15, 0.2) is 24.3 Å². The average Bonchev–Trinajstić information content (AvgIpc) is 2.74. The van der Waals surface area contributed by atoms with Crippen LogP contribution in [0.25, 0.3) is 0 Å². The number of hydrogen-bond acceptors (Lipinski definition) is 6. The van der Waals surface area contributed by atoms with Crippen LogP contribution in [0.5, 0.6) is 0 Å². The van der Waals surface area contributed by atoms with Gasteiger partial charge < -0.3 is 15.4 Å². The molecule has 0 radical (unpaired) electrons. The van der Waals surface area contributed by atoms with Gasteiger partial charge in [0.1, 0.15) is 6.04 Å². The highest BCUT2D eigenvalue weighted by atomic mass is 16.5. The van der Waals surface area contributed by atoms with Gasteiger partial charge in [0, 0.05) is 24.1 Å². The zero-order valence-corrected chi connectivity index (χ0v) is 18.4. The number of ether oxygens (including phenoxy) is 1. The first-order chi connectivity index (χ1) is 14.8. The third-order valence-electron chi connectivity index (χ3n) is 4.61. The van der Waals surface area contributed by atoms with Crippen LogP contribution in [0, 0.1) is 5.92 Å². The average molecular weight is 436 g/mol. The molecule has 0 aliphatic heterocycles. The lowest BCUT2D eigenvalue weighted by molar-refractivity contribution is -0.143. The predicted molar refractivity (Wildman–Crippen MR) is 115 cm³/mol. The summed E-state index contributed by atoms with van der Waals surface area (Å²) in [7, 11) is 1.29. The van der Waals surface area contributed by atoms with Crippen LogP contribution in [0.1, 0.15) is 69.2 Å². The van der Waals surface area contributed by atoms with E-state index in [0.29, 0.717) is 36.9 Å². The molecule has 1 rings (SSSR count). The molecule has 4 N–H and O–H groups in total. The molecular weight excluding hydrogens is 402 g/mol. The number of rotatable bonds is 13. The van der Waals surface area contributed by atoms with Crippen molar-refractivity contribution in [1.29, 1.82) is 0 Å². The van der Waals surface area contributed by atoms with Crippen LogP contribution in [0.3, 0.4) is 0 Å². The minimum absolute atomic E-state index is 0.131. The van der Waals surface area contributed by atoms with Gasteiger partial charge in [0.2, 0.25) is 11.8 Å². The number of anilines is 1. The Bertz CT molecular complexity index is 733. The van der Waals surface area contributed by atoms with Gasteiger partial charge in [0.25, 0.3) is 5.91 Å². The number of amides is 3. The number of nitrogens with one attached hydrogen (secondary N) is 3. The smallest absolute Gasteiger partial charge is 0.328 e. The highest BCUT2D eigenvalue weighted by Crippen LogP contribution is 2.13. The van der Waals surface area contributed by atoms with Gasteiger partial charge in [0.05, 0.1) is 7.11 Å². The van der Waals surface area contributed by atoms with Gasteiger partial charge in [-0.2, -0.15) is 0 Å². The van der Waals surface area contributed by atoms with Crippen LogP contribution in [-0.2, 0) is 19.1 Å². The Morgan fingerprint density at radius 2 is 1.52 bits per heavy atom. The quantitative estimate of drug-likeness (QED) is 0.163. The second-order valence-electron chi connectivity index (χ2n) is 7.75. The molecule has 3 amide bonds. The first-order valence-corrected chi connectivity index (χ1v) is 10.5. The molecule has 1 atom stereocenters. The molecule has 0 bridgehead atoms. The van der Waals surface area contributed by atoms with E-state index in [1.54, 1.807) is 29.7 Å². The normalized spacial score (nSPS) is 11.5. The predicted octanol–water partition coefficient (Wildman–Crippen LogP) is 2.79. The third-order valence-corrected chi connectivity index (χ3v) is 4.61. The van der Waals surface area contributed by atoms with Crippen molar-refractivity contribution in [2.75, 3.05) is 12.4 Å². The zero-order chi connectivity index (χ0) is 23.2. The molecule has 172 valence electrons. The lowest BCUT2D eigenvalue weighted by Gasteiger charge is -2.18. The molecule has 0 aliphatic rings. The summed E-state index contributed by atoms with van der Waals surface area (Å²) >= 11 is 0. The van der Waals surface area contributed by atoms with Crippen LogP contribution >= 0.6 is 0 Å². The summed E-state index contributed by atoms with van der Waals surface area (Å²) in [5.41, 5.74) is 2.54. The lowest BCUT2D eigenvalue weighted by Crippen LogP contribution is -2.42. The molecule has 0 spiro atoms. The van der Waals surface area contributed by atoms with E-state index in [9.17, 15) is 19.2 Å². The van der Waals surface area contributed by atoms with Gasteiger partial charge >= 0.3 is 5.97 Å². The molecule has 0 aliphatic carbocycles. The van der Waals surface area contributed by atoms with Crippen molar-refractivity contribution in [2.45, 2.75) is 64.8 Å². The molecule has 0 fully saturated rings. The van der Waals surface area contributed by atoms with Crippen molar-refractivity contribution < 1.29 is 29.1 Å². The van der Waals surface area contributed by atoms with Gasteiger partial charge in [-0.05, 0) is 49.4 Å². The van der Waals surface area contributed by atoms with Crippen molar-refractivity contribution in [1.82, 2.24) is 10.8 Å². The summed E-state index contributed by atoms with van der Waals surface area (Å²) in [6.07, 6.45) is 4.05. The summed E-state index contributed by atoms with van der Waals surface area (Å²) in [5.74, 6) is -1.20. The van der Waals surface area contributed by atoms with Crippen molar-refractivity contribution >= 4 is 29.4 Å². The summed E-state index contributed by atoms with van der Waals surface area (Å²) in [5, 5.41) is 13.9. The molecular formula is C22H33N3O6. The van der Waals surface area contributed by atoms with E-state index in [1.165, 1.54) is 7.11 Å². The molecule has 0 aromatic heterocycles. The number of esters is 1. The Kier molecular flexibility index (Phi) is 11.9. The Balaban J connectivity index is 2.44. The summed E-state index contributed by atoms with van der Waals surface area (Å²) in [4.78, 5) is 47.2. The monoisotopic (exact) mass is 435 g/mol. The van der Waals surface area contributed by atoms with Crippen LogP contribution < -0.4 is 16.1 Å². The van der Waals surface area contributed by atoms with Gasteiger partial charge in [-0.25, -0.2) is 10.3 Å². The molecule has 0 saturated carbocycles. The van der Waals surface area contributed by atoms with E-state index in [-0.39, 0.29) is 24.2 Å². The Morgan fingerprint density at radius 3 is 2.03 bits per heavy atom. The maximum absolute atomic E-state index is 12.4. The Labute approximate surface area is 182 Å². The molecule has 1 aromatic rings. The summed E-state index contributed by atoms with van der Waals surface area (Å²) < 4.78 is 4.75. The van der Waals surface area contributed by atoms with E-state index in [2.05, 4.69) is 10.6 Å². The fraction of sp³-hybridized carbons (Fsp3) is 0.545. The number of hydrogen-bond donors (Lipinski definition) is 4. The third kappa shape index (κ3) is 10.6. The highest BCUT2D eigenvalue weighted by molar-refractivity contribution is 5.97. The van der Waals surface area contributed by atoms with Crippen LogP contribution in [-0.4, -0.2) is 42.0 Å². The lowest BCUT2D eigenvalue weighted by atomic mass is 10.0. The van der Waals surface area contributed by atoms with Crippen LogP contribution in [0.2, 0.25) is 0 Å². The van der Waals surface area contributed by atoms with Crippen molar-refractivity contribution in [3.63, 3.8) is 0 Å². The van der Waals surface area contributed by atoms with E-state index in [1.807, 2.05) is 13.8 Å². The highest BCUT2D eigenvalue weighted by Gasteiger charge is 2.23. The standard InChI is InChI=1S/C22H33N3O6/c1-15(2)14-18(22(29)31-3)24-21(28)16-10-12-17(13-11-16)23-19(26)8-6-4-5-7-9-20(27)25-30/h10-13,15,18,30H,4-9,14H2,1-3H3,(H,23,26)(H,24,28)(H,25,27)/t18-/m0/s1. The second kappa shape index (κ2) is 14.1. The van der Waals surface area contributed by atoms with E-state index in [4.69, 9.17) is 9.94 Å². The topological polar surface area (TPSA) is 134 Å². The molecule has 9 heteroatoms. The summed E-state index contributed by atoms with van der Waals surface area (Å²) in [6, 6.07) is 5.72. The molecule has 9 nitrogen and oxygen atoms in total. The largest absolute Gasteiger partial charge is 0.467 e. The van der Waals surface area contributed by atoms with Gasteiger partial charge in [0.15, 0.2) is 0 Å². The number of carbonyl (C=O) groups excluding carboxylic acids is 4. The number of hydroxylamine groups is 1. The Morgan fingerprint density at radius 1 is 0.935 bits per heavy atom. The fourth-order valence-corrected chi connectivity index (χ4v) is 2.98. The Hall–Kier alpha value is -2.94. The first-order valence-electron chi connectivity index (χ1n) is 10.5. The van der Waals surface area contributed by atoms with Gasteiger partial charge in [-0.1, -0.05) is 26.7 Å². The zero-order valence-electron chi connectivity index (χ0n) is 18.4. The second-order valence-corrected chi connectivity index (χ2v) is 7.75. The van der Waals surface area contributed by atoms with Crippen LogP contribution in [0.4, 0.5) is 5.69 Å². The molecule has 1 aromatic carbocycles. The van der Waals surface area contributed by atoms with E-state index in [0.717, 1.165) is 12.8 Å². The number of methoxy groups -OCH3 is 1. The van der Waals surface area contributed by atoms with E-state index >= 15 is 0 Å². The molecule has 0 saturated heterocycles. The fourth-order valence-electron chi connectivity index (χ4n) is 2.98. The minimum Gasteiger partial charge on any atom is -0.467 e. The number of carbonyl (C=O) groups is 4. The molecule has 0 unspecified atom stereocenters. The van der Waals surface area contributed by atoms with Crippen molar-refractivity contribution in [3.05, 3.63) is 29.8 Å². The maximum atomic E-state index is 12.4. The number of benzene rings is 1. The molecule has 0 heterocycles. The maximum Gasteiger partial charge on any atom is 0.328 e. The summed E-state index contributed by atoms with van der Waals surface area (Å²) in [6.45, 7) is 3.91. The number of unbranched alkanes of at least 4 members (excludes halogenated alkanes) is 3. The first kappa shape index (κ1) is 26.1. The van der Waals surface area contributed by atoms with E-state index < -0.39 is 17.9 Å². The van der Waals surface area contributed by atoms with Crippen molar-refractivity contribution in [2.24, 2.45) is 5.92 Å². The van der Waals surface area contributed by atoms with Gasteiger partial charge in [-0.3, -0.25) is 19.6 Å². The van der Waals surface area contributed by atoms with Crippen molar-refractivity contribution in [3.8, 4) is 0 Å². The van der Waals surface area contributed by atoms with Gasteiger partial charge in [-0.15, -0.1) is 0 Å². The minimum atomic E-state index is -0.713.